The van der Waals surface area contributed by atoms with E-state index >= 15 is 0 Å². The number of rotatable bonds is 4. The molecule has 0 atom stereocenters. The van der Waals surface area contributed by atoms with Crippen LogP contribution in [0.3, 0.4) is 0 Å². The van der Waals surface area contributed by atoms with Gasteiger partial charge in [0, 0.05) is 22.1 Å². The fourth-order valence-corrected chi connectivity index (χ4v) is 4.40. The van der Waals surface area contributed by atoms with Crippen LogP contribution in [0.25, 0.3) is 27.5 Å². The second-order valence-corrected chi connectivity index (χ2v) is 8.64. The van der Waals surface area contributed by atoms with Crippen molar-refractivity contribution in [2.45, 2.75) is 13.8 Å². The van der Waals surface area contributed by atoms with Crippen molar-refractivity contribution in [1.82, 2.24) is 15.0 Å². The van der Waals surface area contributed by atoms with Crippen LogP contribution in [0.1, 0.15) is 11.1 Å². The number of fused-ring (bicyclic) bond motifs is 3. The molecule has 164 valence electrons. The molecule has 0 radical (unpaired) electrons. The Morgan fingerprint density at radius 3 is 1.76 bits per heavy atom. The Hall–Kier alpha value is -4.44. The lowest BCUT2D eigenvalue weighted by Gasteiger charge is -2.27. The maximum atomic E-state index is 4.87. The lowest BCUT2D eigenvalue weighted by atomic mass is 10.0. The quantitative estimate of drug-likeness (QED) is 0.282. The van der Waals surface area contributed by atoms with Crippen LogP contribution in [0, 0.1) is 13.8 Å². The van der Waals surface area contributed by atoms with Gasteiger partial charge in [-0.15, -0.1) is 10.2 Å². The minimum atomic E-state index is 0.863. The molecule has 0 N–H and O–H groups in total. The van der Waals surface area contributed by atoms with Gasteiger partial charge in [0.25, 0.3) is 0 Å². The van der Waals surface area contributed by atoms with E-state index < -0.39 is 0 Å². The van der Waals surface area contributed by atoms with Gasteiger partial charge in [-0.3, -0.25) is 0 Å². The van der Waals surface area contributed by atoms with E-state index in [0.29, 0.717) is 0 Å². The van der Waals surface area contributed by atoms with Gasteiger partial charge in [-0.25, -0.2) is 0 Å². The Bertz CT molecular complexity index is 1550. The highest BCUT2D eigenvalue weighted by molar-refractivity contribution is 6.12. The molecule has 0 saturated carbocycles. The molecule has 0 bridgehead atoms. The first-order valence-electron chi connectivity index (χ1n) is 11.4. The van der Waals surface area contributed by atoms with E-state index in [4.69, 9.17) is 10.2 Å². The Balaban J connectivity index is 1.64. The van der Waals surface area contributed by atoms with E-state index in [2.05, 4.69) is 97.6 Å². The fourth-order valence-electron chi connectivity index (χ4n) is 4.40. The van der Waals surface area contributed by atoms with Crippen molar-refractivity contribution in [2.24, 2.45) is 0 Å². The second-order valence-electron chi connectivity index (χ2n) is 8.64. The minimum Gasteiger partial charge on any atom is -0.310 e. The number of nitrogens with zero attached hydrogens (tertiary/aromatic N) is 4. The monoisotopic (exact) mass is 440 g/mol. The van der Waals surface area contributed by atoms with Crippen molar-refractivity contribution in [3.63, 3.8) is 0 Å². The van der Waals surface area contributed by atoms with Crippen molar-refractivity contribution in [3.05, 3.63) is 120 Å². The SMILES string of the molecule is Cc1ccc(N(c2ccc(C)cc2)c2cc3nn(-c4ccccc4)nc3c3ccccc23)cc1. The van der Waals surface area contributed by atoms with Crippen LogP contribution in [-0.4, -0.2) is 15.0 Å². The van der Waals surface area contributed by atoms with Gasteiger partial charge >= 0.3 is 0 Å². The highest BCUT2D eigenvalue weighted by Crippen LogP contribution is 2.41. The van der Waals surface area contributed by atoms with Crippen LogP contribution in [0.4, 0.5) is 17.1 Å². The zero-order chi connectivity index (χ0) is 23.1. The molecule has 0 amide bonds. The number of benzene rings is 5. The van der Waals surface area contributed by atoms with Gasteiger partial charge in [0.15, 0.2) is 0 Å². The number of aromatic nitrogens is 3. The molecule has 0 spiro atoms. The van der Waals surface area contributed by atoms with Crippen LogP contribution in [0.5, 0.6) is 0 Å². The summed E-state index contributed by atoms with van der Waals surface area (Å²) in [4.78, 5) is 4.03. The fraction of sp³-hybridized carbons (Fsp3) is 0.0667. The number of para-hydroxylation sites is 1. The van der Waals surface area contributed by atoms with E-state index in [1.807, 2.05) is 30.3 Å². The molecule has 0 fully saturated rings. The summed E-state index contributed by atoms with van der Waals surface area (Å²) < 4.78 is 0. The van der Waals surface area contributed by atoms with Crippen LogP contribution in [-0.2, 0) is 0 Å². The van der Waals surface area contributed by atoms with Crippen LogP contribution < -0.4 is 4.90 Å². The predicted octanol–water partition coefficient (Wildman–Crippen LogP) is 7.66. The standard InChI is InChI=1S/C30H24N4/c1-21-12-16-23(17-13-21)33(24-18-14-22(2)15-19-24)29-20-28-30(27-11-7-6-10-26(27)29)32-34(31-28)25-8-4-3-5-9-25/h3-20H,1-2H3. The van der Waals surface area contributed by atoms with Gasteiger partial charge in [-0.05, 0) is 56.3 Å². The van der Waals surface area contributed by atoms with Gasteiger partial charge in [-0.2, -0.15) is 4.80 Å². The molecule has 4 heteroatoms. The Labute approximate surface area is 198 Å². The van der Waals surface area contributed by atoms with Crippen LogP contribution in [0.2, 0.25) is 0 Å². The molecule has 0 unspecified atom stereocenters. The largest absolute Gasteiger partial charge is 0.310 e. The van der Waals surface area contributed by atoms with Gasteiger partial charge in [0.05, 0.1) is 11.4 Å². The summed E-state index contributed by atoms with van der Waals surface area (Å²) in [6.45, 7) is 4.23. The van der Waals surface area contributed by atoms with Crippen molar-refractivity contribution in [3.8, 4) is 5.69 Å². The van der Waals surface area contributed by atoms with Crippen molar-refractivity contribution >= 4 is 38.9 Å². The number of hydrogen-bond acceptors (Lipinski definition) is 3. The van der Waals surface area contributed by atoms with E-state index in [9.17, 15) is 0 Å². The molecule has 34 heavy (non-hydrogen) atoms. The van der Waals surface area contributed by atoms with Gasteiger partial charge in [0.2, 0.25) is 0 Å². The van der Waals surface area contributed by atoms with E-state index in [-0.39, 0.29) is 0 Å². The lowest BCUT2D eigenvalue weighted by Crippen LogP contribution is -2.10. The first kappa shape index (κ1) is 20.2. The van der Waals surface area contributed by atoms with E-state index in [1.54, 1.807) is 4.80 Å². The van der Waals surface area contributed by atoms with Crippen LogP contribution >= 0.6 is 0 Å². The van der Waals surface area contributed by atoms with Gasteiger partial charge < -0.3 is 4.90 Å². The van der Waals surface area contributed by atoms with E-state index in [0.717, 1.165) is 44.6 Å². The van der Waals surface area contributed by atoms with Gasteiger partial charge in [-0.1, -0.05) is 77.9 Å². The Morgan fingerprint density at radius 2 is 1.15 bits per heavy atom. The minimum absolute atomic E-state index is 0.863. The third-order valence-electron chi connectivity index (χ3n) is 6.18. The highest BCUT2D eigenvalue weighted by atomic mass is 15.5. The Kier molecular flexibility index (Phi) is 4.84. The first-order chi connectivity index (χ1) is 16.7. The number of hydrogen-bond donors (Lipinski definition) is 0. The lowest BCUT2D eigenvalue weighted by molar-refractivity contribution is 0.766. The third-order valence-corrected chi connectivity index (χ3v) is 6.18. The topological polar surface area (TPSA) is 34.0 Å². The molecule has 1 aromatic heterocycles. The number of anilines is 3. The third kappa shape index (κ3) is 3.50. The summed E-state index contributed by atoms with van der Waals surface area (Å²) in [5.74, 6) is 0. The normalized spacial score (nSPS) is 11.2. The maximum absolute atomic E-state index is 4.87. The zero-order valence-electron chi connectivity index (χ0n) is 19.2. The summed E-state index contributed by atoms with van der Waals surface area (Å²) in [7, 11) is 0. The average Bonchev–Trinajstić information content (AvgIpc) is 3.32. The maximum Gasteiger partial charge on any atom is 0.121 e. The molecular formula is C30H24N4. The summed E-state index contributed by atoms with van der Waals surface area (Å²) in [5.41, 5.74) is 8.47. The average molecular weight is 441 g/mol. The molecule has 5 aromatic carbocycles. The number of aryl methyl sites for hydroxylation is 2. The van der Waals surface area contributed by atoms with Crippen molar-refractivity contribution in [1.29, 1.82) is 0 Å². The molecule has 0 aliphatic rings. The van der Waals surface area contributed by atoms with Crippen molar-refractivity contribution < 1.29 is 0 Å². The second kappa shape index (κ2) is 8.16. The summed E-state index contributed by atoms with van der Waals surface area (Å²) in [6, 6.07) is 38.0. The predicted molar refractivity (Wildman–Crippen MR) is 141 cm³/mol. The molecule has 0 saturated heterocycles. The molecule has 0 aliphatic heterocycles. The molecule has 0 aliphatic carbocycles. The molecule has 6 rings (SSSR count). The molecular weight excluding hydrogens is 416 g/mol. The molecule has 1 heterocycles. The van der Waals surface area contributed by atoms with Crippen molar-refractivity contribution in [2.75, 3.05) is 4.90 Å². The van der Waals surface area contributed by atoms with E-state index in [1.165, 1.54) is 11.1 Å². The molecule has 4 nitrogen and oxygen atoms in total. The first-order valence-corrected chi connectivity index (χ1v) is 11.4. The summed E-state index contributed by atoms with van der Waals surface area (Å²) in [5, 5.41) is 12.0. The zero-order valence-corrected chi connectivity index (χ0v) is 19.2. The summed E-state index contributed by atoms with van der Waals surface area (Å²) in [6.07, 6.45) is 0. The van der Waals surface area contributed by atoms with Gasteiger partial charge in [0.1, 0.15) is 11.0 Å². The summed E-state index contributed by atoms with van der Waals surface area (Å²) >= 11 is 0. The highest BCUT2D eigenvalue weighted by Gasteiger charge is 2.19. The smallest absolute Gasteiger partial charge is 0.121 e. The van der Waals surface area contributed by atoms with Crippen LogP contribution in [0.15, 0.2) is 109 Å². The molecule has 6 aromatic rings. The Morgan fingerprint density at radius 1 is 0.588 bits per heavy atom.